The Balaban J connectivity index is 1.66. The number of rotatable bonds is 3. The first-order valence-electron chi connectivity index (χ1n) is 7.14. The lowest BCUT2D eigenvalue weighted by molar-refractivity contribution is -0.124. The van der Waals surface area contributed by atoms with Crippen LogP contribution >= 0.6 is 0 Å². The van der Waals surface area contributed by atoms with Gasteiger partial charge >= 0.3 is 0 Å². The number of nitrogens with two attached hydrogens (primary N) is 1. The lowest BCUT2D eigenvalue weighted by atomic mass is 10.1. The van der Waals surface area contributed by atoms with Gasteiger partial charge in [0.25, 0.3) is 0 Å². The summed E-state index contributed by atoms with van der Waals surface area (Å²) in [6.07, 6.45) is 1.03. The van der Waals surface area contributed by atoms with Crippen LogP contribution < -0.4 is 15.8 Å². The molecule has 0 aromatic heterocycles. The highest BCUT2D eigenvalue weighted by molar-refractivity contribution is 5.80. The summed E-state index contributed by atoms with van der Waals surface area (Å²) in [5.41, 5.74) is 7.99. The van der Waals surface area contributed by atoms with E-state index in [9.17, 15) is 4.79 Å². The minimum absolute atomic E-state index is 0.117. The van der Waals surface area contributed by atoms with Gasteiger partial charge in [0.05, 0.1) is 0 Å². The molecule has 5 heteroatoms. The van der Waals surface area contributed by atoms with E-state index in [-0.39, 0.29) is 18.1 Å². The Bertz CT molecular complexity index is 518. The Morgan fingerprint density at radius 1 is 1.55 bits per heavy atom. The zero-order valence-electron chi connectivity index (χ0n) is 11.8. The molecule has 108 valence electrons. The summed E-state index contributed by atoms with van der Waals surface area (Å²) in [7, 11) is 0. The normalized spacial score (nSPS) is 26.1. The fraction of sp³-hybridized carbons (Fsp3) is 0.533. The smallest absolute Gasteiger partial charge is 0.236 e. The lowest BCUT2D eigenvalue weighted by Gasteiger charge is -2.35. The Morgan fingerprint density at radius 2 is 2.40 bits per heavy atom. The first-order chi connectivity index (χ1) is 9.63. The number of aryl methyl sites for hydroxylation is 1. The number of benzene rings is 1. The molecule has 0 bridgehead atoms. The predicted octanol–water partition coefficient (Wildman–Crippen LogP) is 0.0576. The monoisotopic (exact) mass is 275 g/mol. The highest BCUT2D eigenvalue weighted by atomic mass is 16.5. The van der Waals surface area contributed by atoms with Crippen molar-refractivity contribution >= 4 is 5.91 Å². The molecule has 1 aromatic rings. The van der Waals surface area contributed by atoms with Gasteiger partial charge in [0.2, 0.25) is 5.91 Å². The van der Waals surface area contributed by atoms with Crippen molar-refractivity contribution in [3.05, 3.63) is 29.3 Å². The molecule has 0 spiro atoms. The SMILES string of the molecule is Cc1ccc2c(c1)CC(CN1CCNCC1C(N)=O)O2. The van der Waals surface area contributed by atoms with Crippen molar-refractivity contribution in [1.29, 1.82) is 0 Å². The van der Waals surface area contributed by atoms with Gasteiger partial charge in [-0.25, -0.2) is 0 Å². The van der Waals surface area contributed by atoms with Crippen molar-refractivity contribution in [2.45, 2.75) is 25.5 Å². The van der Waals surface area contributed by atoms with Crippen LogP contribution in [0.2, 0.25) is 0 Å². The molecule has 2 heterocycles. The number of hydrogen-bond donors (Lipinski definition) is 2. The topological polar surface area (TPSA) is 67.6 Å². The van der Waals surface area contributed by atoms with E-state index in [1.807, 2.05) is 6.07 Å². The van der Waals surface area contributed by atoms with E-state index in [1.54, 1.807) is 0 Å². The third kappa shape index (κ3) is 2.64. The second kappa shape index (κ2) is 5.42. The standard InChI is InChI=1S/C15H21N3O2/c1-10-2-3-14-11(6-10)7-12(20-14)9-18-5-4-17-8-13(18)15(16)19/h2-3,6,12-13,17H,4-5,7-9H2,1H3,(H2,16,19). The van der Waals surface area contributed by atoms with E-state index in [2.05, 4.69) is 29.3 Å². The lowest BCUT2D eigenvalue weighted by Crippen LogP contribution is -2.58. The van der Waals surface area contributed by atoms with Gasteiger partial charge < -0.3 is 15.8 Å². The zero-order valence-corrected chi connectivity index (χ0v) is 11.8. The van der Waals surface area contributed by atoms with Gasteiger partial charge in [0, 0.05) is 32.6 Å². The summed E-state index contributed by atoms with van der Waals surface area (Å²) in [6, 6.07) is 6.06. The number of piperazine rings is 1. The summed E-state index contributed by atoms with van der Waals surface area (Å²) < 4.78 is 5.98. The Kier molecular flexibility index (Phi) is 3.63. The van der Waals surface area contributed by atoms with Crippen LogP contribution in [-0.4, -0.2) is 49.1 Å². The molecule has 2 aliphatic rings. The van der Waals surface area contributed by atoms with Crippen LogP contribution in [0.15, 0.2) is 18.2 Å². The van der Waals surface area contributed by atoms with Crippen LogP contribution in [0.25, 0.3) is 0 Å². The van der Waals surface area contributed by atoms with Gasteiger partial charge in [-0.3, -0.25) is 9.69 Å². The number of ether oxygens (including phenoxy) is 1. The van der Waals surface area contributed by atoms with Crippen molar-refractivity contribution in [2.24, 2.45) is 5.73 Å². The van der Waals surface area contributed by atoms with E-state index in [0.29, 0.717) is 6.54 Å². The molecule has 2 unspecified atom stereocenters. The van der Waals surface area contributed by atoms with Crippen LogP contribution in [0.3, 0.4) is 0 Å². The van der Waals surface area contributed by atoms with E-state index in [0.717, 1.165) is 31.8 Å². The van der Waals surface area contributed by atoms with Crippen molar-refractivity contribution < 1.29 is 9.53 Å². The maximum absolute atomic E-state index is 11.5. The number of fused-ring (bicyclic) bond motifs is 1. The van der Waals surface area contributed by atoms with Crippen molar-refractivity contribution in [3.63, 3.8) is 0 Å². The van der Waals surface area contributed by atoms with Crippen molar-refractivity contribution in [2.75, 3.05) is 26.2 Å². The summed E-state index contributed by atoms with van der Waals surface area (Å²) in [5.74, 6) is 0.718. The molecule has 3 N–H and O–H groups in total. The Morgan fingerprint density at radius 3 is 3.20 bits per heavy atom. The molecule has 0 aliphatic carbocycles. The summed E-state index contributed by atoms with van der Waals surface area (Å²) in [5, 5.41) is 3.21. The third-order valence-corrected chi connectivity index (χ3v) is 4.08. The second-order valence-corrected chi connectivity index (χ2v) is 5.67. The van der Waals surface area contributed by atoms with E-state index in [1.165, 1.54) is 11.1 Å². The molecule has 2 aliphatic heterocycles. The van der Waals surface area contributed by atoms with E-state index in [4.69, 9.17) is 10.5 Å². The minimum atomic E-state index is -0.261. The average molecular weight is 275 g/mol. The van der Waals surface area contributed by atoms with E-state index < -0.39 is 0 Å². The minimum Gasteiger partial charge on any atom is -0.488 e. The molecule has 3 rings (SSSR count). The fourth-order valence-electron chi connectivity index (χ4n) is 3.06. The van der Waals surface area contributed by atoms with Crippen molar-refractivity contribution in [3.8, 4) is 5.75 Å². The average Bonchev–Trinajstić information content (AvgIpc) is 2.80. The Hall–Kier alpha value is -1.59. The third-order valence-electron chi connectivity index (χ3n) is 4.08. The van der Waals surface area contributed by atoms with Crippen LogP contribution in [0.4, 0.5) is 0 Å². The highest BCUT2D eigenvalue weighted by Gasteiger charge is 2.31. The van der Waals surface area contributed by atoms with Crippen molar-refractivity contribution in [1.82, 2.24) is 10.2 Å². The van der Waals surface area contributed by atoms with Gasteiger partial charge in [-0.15, -0.1) is 0 Å². The van der Waals surface area contributed by atoms with Gasteiger partial charge in [-0.2, -0.15) is 0 Å². The molecule has 20 heavy (non-hydrogen) atoms. The number of carbonyl (C=O) groups excluding carboxylic acids is 1. The molecule has 1 amide bonds. The Labute approximate surface area is 119 Å². The number of hydrogen-bond acceptors (Lipinski definition) is 4. The van der Waals surface area contributed by atoms with Crippen LogP contribution in [-0.2, 0) is 11.2 Å². The van der Waals surface area contributed by atoms with Gasteiger partial charge in [-0.05, 0) is 18.6 Å². The number of nitrogens with one attached hydrogen (secondary N) is 1. The quantitative estimate of drug-likeness (QED) is 0.818. The summed E-state index contributed by atoms with van der Waals surface area (Å²) in [6.45, 7) is 5.20. The molecule has 2 atom stereocenters. The predicted molar refractivity (Wildman–Crippen MR) is 76.7 cm³/mol. The summed E-state index contributed by atoms with van der Waals surface area (Å²) in [4.78, 5) is 13.6. The molecule has 1 fully saturated rings. The maximum atomic E-state index is 11.5. The molecular formula is C15H21N3O2. The summed E-state index contributed by atoms with van der Waals surface area (Å²) >= 11 is 0. The first-order valence-corrected chi connectivity index (χ1v) is 7.14. The zero-order chi connectivity index (χ0) is 14.1. The molecule has 0 radical (unpaired) electrons. The molecule has 1 saturated heterocycles. The van der Waals surface area contributed by atoms with Gasteiger partial charge in [-0.1, -0.05) is 17.7 Å². The second-order valence-electron chi connectivity index (χ2n) is 5.67. The number of carbonyl (C=O) groups is 1. The largest absolute Gasteiger partial charge is 0.488 e. The van der Waals surface area contributed by atoms with E-state index >= 15 is 0 Å². The number of amides is 1. The molecule has 5 nitrogen and oxygen atoms in total. The molecular weight excluding hydrogens is 254 g/mol. The maximum Gasteiger partial charge on any atom is 0.236 e. The van der Waals surface area contributed by atoms with Crippen LogP contribution in [0, 0.1) is 6.92 Å². The molecule has 1 aromatic carbocycles. The van der Waals surface area contributed by atoms with Crippen LogP contribution in [0.1, 0.15) is 11.1 Å². The van der Waals surface area contributed by atoms with Gasteiger partial charge in [0.1, 0.15) is 17.9 Å². The fourth-order valence-corrected chi connectivity index (χ4v) is 3.06. The van der Waals surface area contributed by atoms with Crippen LogP contribution in [0.5, 0.6) is 5.75 Å². The first kappa shape index (κ1) is 13.4. The highest BCUT2D eigenvalue weighted by Crippen LogP contribution is 2.30. The van der Waals surface area contributed by atoms with Gasteiger partial charge in [0.15, 0.2) is 0 Å². The number of primary amides is 1. The molecule has 0 saturated carbocycles. The number of nitrogens with zero attached hydrogens (tertiary/aromatic N) is 1.